The monoisotopic (exact) mass is 738 g/mol. The van der Waals surface area contributed by atoms with E-state index < -0.39 is 35.3 Å². The fourth-order valence-electron chi connectivity index (χ4n) is 6.45. The van der Waals surface area contributed by atoms with Crippen molar-refractivity contribution in [2.24, 2.45) is 0 Å². The van der Waals surface area contributed by atoms with Gasteiger partial charge in [0.25, 0.3) is 0 Å². The van der Waals surface area contributed by atoms with Gasteiger partial charge >= 0.3 is 6.18 Å². The largest absolute Gasteiger partial charge is 0.416 e. The number of carbonyl (C=O) groups excluding carboxylic acids is 2. The molecule has 0 saturated carbocycles. The van der Waals surface area contributed by atoms with Gasteiger partial charge in [-0.2, -0.15) is 13.2 Å². The molecule has 2 amide bonds. The van der Waals surface area contributed by atoms with Crippen LogP contribution in [0.4, 0.5) is 22.0 Å². The van der Waals surface area contributed by atoms with Crippen LogP contribution < -0.4 is 0 Å². The normalized spacial score (nSPS) is 14.3. The van der Waals surface area contributed by atoms with E-state index in [2.05, 4.69) is 4.98 Å². The molecule has 1 aromatic heterocycles. The molecule has 0 unspecified atom stereocenters. The van der Waals surface area contributed by atoms with Crippen molar-refractivity contribution in [2.45, 2.75) is 38.7 Å². The third-order valence-electron chi connectivity index (χ3n) is 9.57. The summed E-state index contributed by atoms with van der Waals surface area (Å²) in [5, 5.41) is 0. The summed E-state index contributed by atoms with van der Waals surface area (Å²) in [5.41, 5.74) is 3.31. The Labute approximate surface area is 311 Å². The second kappa shape index (κ2) is 17.0. The molecule has 2 heterocycles. The molecule has 0 radical (unpaired) electrons. The van der Waals surface area contributed by atoms with Gasteiger partial charge in [0.05, 0.1) is 11.3 Å². The average Bonchev–Trinajstić information content (AvgIpc) is 3.19. The summed E-state index contributed by atoms with van der Waals surface area (Å²) < 4.78 is 68.5. The van der Waals surface area contributed by atoms with E-state index >= 15 is 0 Å². The van der Waals surface area contributed by atoms with E-state index in [1.165, 1.54) is 36.1 Å². The summed E-state index contributed by atoms with van der Waals surface area (Å²) in [6.07, 6.45) is 0.136. The zero-order chi connectivity index (χ0) is 38.2. The van der Waals surface area contributed by atoms with E-state index in [1.807, 2.05) is 77.7 Å². The third-order valence-corrected chi connectivity index (χ3v) is 9.57. The lowest BCUT2D eigenvalue weighted by atomic mass is 10.0. The fourth-order valence-corrected chi connectivity index (χ4v) is 6.45. The molecule has 6 rings (SSSR count). The highest BCUT2D eigenvalue weighted by Crippen LogP contribution is 2.29. The van der Waals surface area contributed by atoms with Crippen LogP contribution in [0.5, 0.6) is 0 Å². The zero-order valence-electron chi connectivity index (χ0n) is 29.6. The highest BCUT2D eigenvalue weighted by Gasteiger charge is 2.34. The van der Waals surface area contributed by atoms with Crippen LogP contribution in [0.25, 0.3) is 17.3 Å². The van der Waals surface area contributed by atoms with E-state index in [4.69, 9.17) is 0 Å². The van der Waals surface area contributed by atoms with Crippen molar-refractivity contribution in [3.05, 3.63) is 166 Å². The Hall–Kier alpha value is -5.68. The molecule has 1 fully saturated rings. The molecule has 4 aromatic carbocycles. The predicted octanol–water partition coefficient (Wildman–Crippen LogP) is 8.35. The number of rotatable bonds is 11. The van der Waals surface area contributed by atoms with Gasteiger partial charge in [-0.15, -0.1) is 0 Å². The number of benzene rings is 4. The molecule has 1 aliphatic rings. The van der Waals surface area contributed by atoms with Crippen molar-refractivity contribution in [3.63, 3.8) is 0 Å². The van der Waals surface area contributed by atoms with Crippen molar-refractivity contribution < 1.29 is 31.5 Å². The molecule has 5 aromatic rings. The number of amides is 2. The lowest BCUT2D eigenvalue weighted by Crippen LogP contribution is -2.56. The Bertz CT molecular complexity index is 2060. The van der Waals surface area contributed by atoms with Crippen molar-refractivity contribution in [3.8, 4) is 11.3 Å². The lowest BCUT2D eigenvalue weighted by molar-refractivity contribution is -0.145. The van der Waals surface area contributed by atoms with Gasteiger partial charge in [0.15, 0.2) is 11.6 Å². The van der Waals surface area contributed by atoms with Crippen LogP contribution in [-0.4, -0.2) is 63.7 Å². The first-order valence-corrected chi connectivity index (χ1v) is 17.6. The second-order valence-electron chi connectivity index (χ2n) is 13.3. The Morgan fingerprint density at radius 1 is 0.796 bits per heavy atom. The summed E-state index contributed by atoms with van der Waals surface area (Å²) in [7, 11) is 0. The summed E-state index contributed by atoms with van der Waals surface area (Å²) >= 11 is 0. The standard InChI is InChI=1S/C43H39F5N4O2/c1-30-10-16-35(41(45)40(30)44)29-50-23-25-51(26-24-50)42(54)38(27-32-7-3-2-4-8-32)52(28-33-11-17-34(18-12-33)37-9-5-6-22-49-37)39(53)21-15-31-13-19-36(20-14-31)43(46,47)48/h2-22,38H,23-29H2,1H3/b21-15+/t38-/m0/s1. The number of pyridine rings is 1. The highest BCUT2D eigenvalue weighted by atomic mass is 19.4. The van der Waals surface area contributed by atoms with Gasteiger partial charge in [-0.1, -0.05) is 84.9 Å². The summed E-state index contributed by atoms with van der Waals surface area (Å²) in [5.74, 6) is -2.50. The predicted molar refractivity (Wildman–Crippen MR) is 198 cm³/mol. The number of halogens is 5. The summed E-state index contributed by atoms with van der Waals surface area (Å²) in [4.78, 5) is 38.3. The van der Waals surface area contributed by atoms with E-state index in [0.717, 1.165) is 34.5 Å². The Kier molecular flexibility index (Phi) is 12.0. The van der Waals surface area contributed by atoms with Crippen LogP contribution in [0.15, 0.2) is 121 Å². The van der Waals surface area contributed by atoms with E-state index in [1.54, 1.807) is 23.2 Å². The lowest BCUT2D eigenvalue weighted by Gasteiger charge is -2.39. The van der Waals surface area contributed by atoms with Crippen LogP contribution in [0.1, 0.15) is 33.4 Å². The van der Waals surface area contributed by atoms with Crippen molar-refractivity contribution in [1.29, 1.82) is 0 Å². The van der Waals surface area contributed by atoms with Crippen molar-refractivity contribution in [2.75, 3.05) is 26.2 Å². The van der Waals surface area contributed by atoms with Gasteiger partial charge in [-0.05, 0) is 59.5 Å². The molecule has 0 aliphatic carbocycles. The minimum absolute atomic E-state index is 0.0696. The van der Waals surface area contributed by atoms with Crippen LogP contribution >= 0.6 is 0 Å². The highest BCUT2D eigenvalue weighted by molar-refractivity contribution is 5.95. The van der Waals surface area contributed by atoms with E-state index in [0.29, 0.717) is 31.7 Å². The molecule has 54 heavy (non-hydrogen) atoms. The topological polar surface area (TPSA) is 56.8 Å². The number of piperazine rings is 1. The van der Waals surface area contributed by atoms with E-state index in [9.17, 15) is 31.5 Å². The molecule has 1 atom stereocenters. The molecular weight excluding hydrogens is 699 g/mol. The first kappa shape index (κ1) is 38.1. The first-order valence-electron chi connectivity index (χ1n) is 17.6. The number of aryl methyl sites for hydroxylation is 1. The minimum atomic E-state index is -4.49. The van der Waals surface area contributed by atoms with Crippen LogP contribution in [0.3, 0.4) is 0 Å². The van der Waals surface area contributed by atoms with Crippen molar-refractivity contribution in [1.82, 2.24) is 19.7 Å². The zero-order valence-corrected chi connectivity index (χ0v) is 29.6. The molecule has 11 heteroatoms. The molecule has 278 valence electrons. The quantitative estimate of drug-likeness (QED) is 0.101. The van der Waals surface area contributed by atoms with E-state index in [-0.39, 0.29) is 36.5 Å². The van der Waals surface area contributed by atoms with Gasteiger partial charge in [0.2, 0.25) is 11.8 Å². The Balaban J connectivity index is 1.27. The van der Waals surface area contributed by atoms with Crippen molar-refractivity contribution >= 4 is 17.9 Å². The third kappa shape index (κ3) is 9.45. The van der Waals surface area contributed by atoms with Gasteiger partial charge in [0.1, 0.15) is 6.04 Å². The first-order chi connectivity index (χ1) is 26.0. The fraction of sp³-hybridized carbons (Fsp3) is 0.233. The van der Waals surface area contributed by atoms with Gasteiger partial charge < -0.3 is 9.80 Å². The maximum Gasteiger partial charge on any atom is 0.416 e. The maximum absolute atomic E-state index is 14.7. The van der Waals surface area contributed by atoms with Crippen LogP contribution in [-0.2, 0) is 35.3 Å². The SMILES string of the molecule is Cc1ccc(CN2CCN(C(=O)[C@H](Cc3ccccc3)N(Cc3ccc(-c4ccccn4)cc3)C(=O)/C=C/c3ccc(C(F)(F)F)cc3)CC2)c(F)c1F. The van der Waals surface area contributed by atoms with Gasteiger partial charge in [-0.25, -0.2) is 8.78 Å². The van der Waals surface area contributed by atoms with Gasteiger partial charge in [-0.3, -0.25) is 19.5 Å². The average molecular weight is 739 g/mol. The number of alkyl halides is 3. The molecule has 0 bridgehead atoms. The molecule has 6 nitrogen and oxygen atoms in total. The summed E-state index contributed by atoms with van der Waals surface area (Å²) in [6, 6.07) is 29.2. The molecule has 0 N–H and O–H groups in total. The number of aromatic nitrogens is 1. The number of carbonyl (C=O) groups is 2. The number of hydrogen-bond acceptors (Lipinski definition) is 4. The smallest absolute Gasteiger partial charge is 0.338 e. The Morgan fingerprint density at radius 2 is 1.48 bits per heavy atom. The molecule has 1 aliphatic heterocycles. The van der Waals surface area contributed by atoms with Gasteiger partial charge in [0, 0.05) is 69.1 Å². The van der Waals surface area contributed by atoms with Crippen LogP contribution in [0, 0.1) is 18.6 Å². The minimum Gasteiger partial charge on any atom is -0.338 e. The number of hydrogen-bond donors (Lipinski definition) is 0. The molecular formula is C43H39F5N4O2. The molecule has 1 saturated heterocycles. The maximum atomic E-state index is 14.7. The summed E-state index contributed by atoms with van der Waals surface area (Å²) in [6.45, 7) is 3.20. The molecule has 0 spiro atoms. The van der Waals surface area contributed by atoms with Crippen LogP contribution in [0.2, 0.25) is 0 Å². The number of nitrogens with zero attached hydrogens (tertiary/aromatic N) is 4. The Morgan fingerprint density at radius 3 is 2.13 bits per heavy atom. The second-order valence-corrected chi connectivity index (χ2v) is 13.3.